The van der Waals surface area contributed by atoms with Crippen LogP contribution in [0.4, 0.5) is 13.2 Å². The molecule has 5 nitrogen and oxygen atoms in total. The van der Waals surface area contributed by atoms with Crippen LogP contribution in [-0.4, -0.2) is 0 Å². The van der Waals surface area contributed by atoms with Crippen LogP contribution in [0.15, 0.2) is 106 Å². The fourth-order valence-electron chi connectivity index (χ4n) is 3.93. The minimum absolute atomic E-state index is 0.0613. The first kappa shape index (κ1) is 25.9. The second kappa shape index (κ2) is 10.9. The molecule has 0 spiro atoms. The van der Waals surface area contributed by atoms with Crippen molar-refractivity contribution in [3.63, 3.8) is 0 Å². The lowest BCUT2D eigenvalue weighted by molar-refractivity contribution is -0.154. The molecule has 5 rings (SSSR count). The van der Waals surface area contributed by atoms with Crippen LogP contribution in [0.5, 0.6) is 28.7 Å². The highest BCUT2D eigenvalue weighted by molar-refractivity contribution is 5.79. The van der Waals surface area contributed by atoms with E-state index in [4.69, 9.17) is 18.6 Å². The summed E-state index contributed by atoms with van der Waals surface area (Å²) in [6.07, 6.45) is -4.20. The standard InChI is InChI=1S/C31H23F3O5/c1-2-20-11-13-23(14-12-20)38-29-28(35)26-16-15-24(18-27(26)39-30(29)31(32,33)34)36-19-21-7-6-10-25(17-21)37-22-8-4-3-5-9-22/h3-18H,2,19H2,1H3. The molecule has 0 amide bonds. The van der Waals surface area contributed by atoms with E-state index >= 15 is 0 Å². The van der Waals surface area contributed by atoms with Gasteiger partial charge < -0.3 is 18.6 Å². The maximum absolute atomic E-state index is 13.9. The number of fused-ring (bicyclic) bond motifs is 1. The zero-order valence-corrected chi connectivity index (χ0v) is 20.8. The number of benzene rings is 4. The molecule has 0 fully saturated rings. The molecular weight excluding hydrogens is 509 g/mol. The van der Waals surface area contributed by atoms with Gasteiger partial charge in [0.15, 0.2) is 0 Å². The number of halogens is 3. The summed E-state index contributed by atoms with van der Waals surface area (Å²) >= 11 is 0. The van der Waals surface area contributed by atoms with Gasteiger partial charge in [-0.25, -0.2) is 0 Å². The fraction of sp³-hybridized carbons (Fsp3) is 0.129. The van der Waals surface area contributed by atoms with E-state index < -0.39 is 23.1 Å². The van der Waals surface area contributed by atoms with E-state index in [0.29, 0.717) is 11.5 Å². The van der Waals surface area contributed by atoms with Crippen molar-refractivity contribution in [2.24, 2.45) is 0 Å². The molecule has 0 saturated heterocycles. The van der Waals surface area contributed by atoms with Crippen molar-refractivity contribution >= 4 is 11.0 Å². The number of hydrogen-bond acceptors (Lipinski definition) is 5. The summed E-state index contributed by atoms with van der Waals surface area (Å²) in [6.45, 7) is 2.06. The Bertz CT molecular complexity index is 1640. The number of para-hydroxylation sites is 1. The summed E-state index contributed by atoms with van der Waals surface area (Å²) in [7, 11) is 0. The van der Waals surface area contributed by atoms with E-state index in [0.717, 1.165) is 17.5 Å². The Hall–Kier alpha value is -4.72. The molecule has 198 valence electrons. The molecule has 0 bridgehead atoms. The predicted molar refractivity (Wildman–Crippen MR) is 141 cm³/mol. The molecule has 0 saturated carbocycles. The van der Waals surface area contributed by atoms with Crippen LogP contribution >= 0.6 is 0 Å². The van der Waals surface area contributed by atoms with Crippen molar-refractivity contribution in [2.75, 3.05) is 0 Å². The van der Waals surface area contributed by atoms with Gasteiger partial charge in [0.1, 0.15) is 35.2 Å². The van der Waals surface area contributed by atoms with Gasteiger partial charge >= 0.3 is 6.18 Å². The monoisotopic (exact) mass is 532 g/mol. The summed E-state index contributed by atoms with van der Waals surface area (Å²) in [5.74, 6) is -0.800. The minimum Gasteiger partial charge on any atom is -0.489 e. The van der Waals surface area contributed by atoms with Crippen molar-refractivity contribution in [1.82, 2.24) is 0 Å². The lowest BCUT2D eigenvalue weighted by Crippen LogP contribution is -2.15. The van der Waals surface area contributed by atoms with E-state index in [-0.39, 0.29) is 29.1 Å². The van der Waals surface area contributed by atoms with Crippen molar-refractivity contribution in [3.05, 3.63) is 124 Å². The Labute approximate surface area is 222 Å². The fourth-order valence-corrected chi connectivity index (χ4v) is 3.93. The molecule has 0 N–H and O–H groups in total. The van der Waals surface area contributed by atoms with E-state index in [1.807, 2.05) is 49.4 Å². The number of aryl methyl sites for hydroxylation is 1. The van der Waals surface area contributed by atoms with Crippen LogP contribution in [-0.2, 0) is 19.2 Å². The number of alkyl halides is 3. The highest BCUT2D eigenvalue weighted by Gasteiger charge is 2.40. The van der Waals surface area contributed by atoms with Gasteiger partial charge in [-0.2, -0.15) is 13.2 Å². The second-order valence-corrected chi connectivity index (χ2v) is 8.70. The maximum Gasteiger partial charge on any atom is 0.453 e. The van der Waals surface area contributed by atoms with Gasteiger partial charge in [0, 0.05) is 6.07 Å². The molecule has 0 unspecified atom stereocenters. The van der Waals surface area contributed by atoms with E-state index in [1.165, 1.54) is 30.3 Å². The third-order valence-corrected chi connectivity index (χ3v) is 5.91. The normalized spacial score (nSPS) is 11.4. The Morgan fingerprint density at radius 3 is 2.13 bits per heavy atom. The molecule has 0 aliphatic rings. The van der Waals surface area contributed by atoms with Gasteiger partial charge in [-0.1, -0.05) is 49.4 Å². The Balaban J connectivity index is 1.39. The molecule has 1 aromatic heterocycles. The van der Waals surface area contributed by atoms with Gasteiger partial charge in [-0.15, -0.1) is 0 Å². The largest absolute Gasteiger partial charge is 0.489 e. The van der Waals surface area contributed by atoms with Crippen LogP contribution < -0.4 is 19.6 Å². The van der Waals surface area contributed by atoms with Crippen molar-refractivity contribution in [3.8, 4) is 28.7 Å². The molecule has 0 aliphatic heterocycles. The summed E-state index contributed by atoms with van der Waals surface area (Å²) < 4.78 is 63.9. The number of rotatable bonds is 8. The smallest absolute Gasteiger partial charge is 0.453 e. The highest BCUT2D eigenvalue weighted by atomic mass is 19.4. The van der Waals surface area contributed by atoms with Crippen LogP contribution in [0.2, 0.25) is 0 Å². The molecule has 0 atom stereocenters. The van der Waals surface area contributed by atoms with Gasteiger partial charge in [0.2, 0.25) is 11.2 Å². The number of hydrogen-bond donors (Lipinski definition) is 0. The Kier molecular flexibility index (Phi) is 7.27. The molecule has 0 aliphatic carbocycles. The molecule has 5 aromatic rings. The topological polar surface area (TPSA) is 57.9 Å². The zero-order valence-electron chi connectivity index (χ0n) is 20.8. The quantitative estimate of drug-likeness (QED) is 0.200. The molecule has 39 heavy (non-hydrogen) atoms. The summed E-state index contributed by atoms with van der Waals surface area (Å²) in [4.78, 5) is 13.1. The van der Waals surface area contributed by atoms with Crippen molar-refractivity contribution in [1.29, 1.82) is 0 Å². The zero-order chi connectivity index (χ0) is 27.4. The third kappa shape index (κ3) is 6.06. The Morgan fingerprint density at radius 1 is 0.718 bits per heavy atom. The lowest BCUT2D eigenvalue weighted by Gasteiger charge is -2.14. The van der Waals surface area contributed by atoms with E-state index in [1.54, 1.807) is 24.3 Å². The summed E-state index contributed by atoms with van der Waals surface area (Å²) in [5, 5.41) is -0.0613. The molecule has 8 heteroatoms. The van der Waals surface area contributed by atoms with Gasteiger partial charge in [0.05, 0.1) is 5.39 Å². The minimum atomic E-state index is -4.96. The number of ether oxygens (including phenoxy) is 3. The first-order valence-corrected chi connectivity index (χ1v) is 12.2. The SMILES string of the molecule is CCc1ccc(Oc2c(C(F)(F)F)oc3cc(OCc4cccc(Oc5ccccc5)c4)ccc3c2=O)cc1. The highest BCUT2D eigenvalue weighted by Crippen LogP contribution is 2.38. The molecular formula is C31H23F3O5. The first-order chi connectivity index (χ1) is 18.8. The third-order valence-electron chi connectivity index (χ3n) is 5.91. The van der Waals surface area contributed by atoms with E-state index in [2.05, 4.69) is 0 Å². The summed E-state index contributed by atoms with van der Waals surface area (Å²) in [6, 6.07) is 27.1. The van der Waals surface area contributed by atoms with Crippen molar-refractivity contribution in [2.45, 2.75) is 26.1 Å². The maximum atomic E-state index is 13.9. The average molecular weight is 533 g/mol. The van der Waals surface area contributed by atoms with Gasteiger partial charge in [0.25, 0.3) is 5.76 Å². The van der Waals surface area contributed by atoms with E-state index in [9.17, 15) is 18.0 Å². The Morgan fingerprint density at radius 2 is 1.41 bits per heavy atom. The molecule has 0 radical (unpaired) electrons. The van der Waals surface area contributed by atoms with Gasteiger partial charge in [-0.05, 0) is 66.1 Å². The predicted octanol–water partition coefficient (Wildman–Crippen LogP) is 8.54. The average Bonchev–Trinajstić information content (AvgIpc) is 2.94. The lowest BCUT2D eigenvalue weighted by atomic mass is 10.1. The molecule has 1 heterocycles. The van der Waals surface area contributed by atoms with Gasteiger partial charge in [-0.3, -0.25) is 4.79 Å². The molecule has 4 aromatic carbocycles. The summed E-state index contributed by atoms with van der Waals surface area (Å²) in [5.41, 5.74) is 0.561. The van der Waals surface area contributed by atoms with Crippen molar-refractivity contribution < 1.29 is 31.8 Å². The van der Waals surface area contributed by atoms with Crippen LogP contribution in [0.25, 0.3) is 11.0 Å². The van der Waals surface area contributed by atoms with Crippen LogP contribution in [0, 0.1) is 0 Å². The second-order valence-electron chi connectivity index (χ2n) is 8.70. The van der Waals surface area contributed by atoms with Crippen LogP contribution in [0.1, 0.15) is 23.8 Å². The first-order valence-electron chi connectivity index (χ1n) is 12.2. The van der Waals surface area contributed by atoms with Crippen LogP contribution in [0.3, 0.4) is 0 Å².